The van der Waals surface area contributed by atoms with Gasteiger partial charge in [0.15, 0.2) is 0 Å². The molecule has 9 nitrogen and oxygen atoms in total. The fourth-order valence-electron chi connectivity index (χ4n) is 6.34. The summed E-state index contributed by atoms with van der Waals surface area (Å²) in [5.74, 6) is 1.02. The Kier molecular flexibility index (Phi) is 7.51. The number of ether oxygens (including phenoxy) is 2. The second kappa shape index (κ2) is 11.7. The maximum atomic E-state index is 11.7. The van der Waals surface area contributed by atoms with Gasteiger partial charge in [0.25, 0.3) is 0 Å². The van der Waals surface area contributed by atoms with Crippen LogP contribution in [0.15, 0.2) is 72.9 Å². The number of aromatic nitrogens is 4. The maximum Gasteiger partial charge on any atom is 0.335 e. The van der Waals surface area contributed by atoms with E-state index in [9.17, 15) is 9.90 Å². The molecule has 5 heterocycles. The van der Waals surface area contributed by atoms with Crippen LogP contribution in [0, 0.1) is 0 Å². The van der Waals surface area contributed by atoms with Gasteiger partial charge in [-0.1, -0.05) is 30.3 Å². The molecule has 0 amide bonds. The summed E-state index contributed by atoms with van der Waals surface area (Å²) >= 11 is 0. The van der Waals surface area contributed by atoms with Crippen LogP contribution >= 0.6 is 0 Å². The minimum absolute atomic E-state index is 0.0821. The summed E-state index contributed by atoms with van der Waals surface area (Å²) in [5.41, 5.74) is 5.02. The lowest BCUT2D eigenvalue weighted by atomic mass is 9.92. The van der Waals surface area contributed by atoms with Gasteiger partial charge in [0, 0.05) is 41.4 Å². The third-order valence-corrected chi connectivity index (χ3v) is 8.91. The zero-order valence-electron chi connectivity index (χ0n) is 24.2. The molecule has 1 unspecified atom stereocenters. The Morgan fingerprint density at radius 2 is 1.86 bits per heavy atom. The molecule has 0 bridgehead atoms. The third-order valence-electron chi connectivity index (χ3n) is 8.91. The highest BCUT2D eigenvalue weighted by atomic mass is 16.5. The van der Waals surface area contributed by atoms with Crippen LogP contribution in [0.1, 0.15) is 65.6 Å². The molecule has 2 aliphatic heterocycles. The summed E-state index contributed by atoms with van der Waals surface area (Å²) < 4.78 is 14.1. The molecule has 2 saturated heterocycles. The summed E-state index contributed by atoms with van der Waals surface area (Å²) in [6.07, 6.45) is 4.93. The van der Waals surface area contributed by atoms with Crippen LogP contribution in [0.5, 0.6) is 5.88 Å². The molecule has 2 fully saturated rings. The summed E-state index contributed by atoms with van der Waals surface area (Å²) in [7, 11) is 0. The molecule has 1 N–H and O–H groups in total. The van der Waals surface area contributed by atoms with Crippen molar-refractivity contribution in [1.82, 2.24) is 24.4 Å². The molecule has 9 heteroatoms. The highest BCUT2D eigenvalue weighted by Crippen LogP contribution is 2.34. The number of piperidine rings is 1. The number of carbonyl (C=O) groups is 1. The average Bonchev–Trinajstić information content (AvgIpc) is 3.39. The van der Waals surface area contributed by atoms with Gasteiger partial charge in [-0.05, 0) is 69.6 Å². The molecule has 43 heavy (non-hydrogen) atoms. The topological polar surface area (TPSA) is 103 Å². The quantitative estimate of drug-likeness (QED) is 0.228. The molecular weight excluding hydrogens is 542 g/mol. The Bertz CT molecular complexity index is 1770. The molecule has 220 valence electrons. The third kappa shape index (κ3) is 5.58. The van der Waals surface area contributed by atoms with Crippen LogP contribution in [-0.2, 0) is 17.9 Å². The van der Waals surface area contributed by atoms with Gasteiger partial charge in [0.1, 0.15) is 12.4 Å². The van der Waals surface area contributed by atoms with Crippen LogP contribution in [-0.4, -0.2) is 61.3 Å². The largest absolute Gasteiger partial charge is 0.478 e. The number of carboxylic acids is 1. The van der Waals surface area contributed by atoms with Crippen LogP contribution in [0.25, 0.3) is 21.9 Å². The minimum atomic E-state index is -0.931. The molecule has 2 atom stereocenters. The smallest absolute Gasteiger partial charge is 0.335 e. The van der Waals surface area contributed by atoms with Gasteiger partial charge >= 0.3 is 5.97 Å². The first-order chi connectivity index (χ1) is 21.0. The zero-order chi connectivity index (χ0) is 29.3. The number of fused-ring (bicyclic) bond motifs is 2. The number of hydrogen-bond donors (Lipinski definition) is 1. The summed E-state index contributed by atoms with van der Waals surface area (Å²) in [5, 5.41) is 10.7. The van der Waals surface area contributed by atoms with E-state index in [0.29, 0.717) is 24.9 Å². The van der Waals surface area contributed by atoms with E-state index in [4.69, 9.17) is 19.4 Å². The molecular formula is C34H35N5O4. The lowest BCUT2D eigenvalue weighted by molar-refractivity contribution is -0.0594. The van der Waals surface area contributed by atoms with Gasteiger partial charge in [0.05, 0.1) is 40.8 Å². The molecule has 0 spiro atoms. The van der Waals surface area contributed by atoms with Crippen LogP contribution < -0.4 is 4.74 Å². The second-order valence-electron chi connectivity index (χ2n) is 11.5. The fourth-order valence-corrected chi connectivity index (χ4v) is 6.34. The molecule has 0 radical (unpaired) electrons. The van der Waals surface area contributed by atoms with Gasteiger partial charge in [0.2, 0.25) is 5.88 Å². The Hall–Kier alpha value is -4.34. The number of hydrogen-bond acceptors (Lipinski definition) is 7. The summed E-state index contributed by atoms with van der Waals surface area (Å²) in [4.78, 5) is 28.6. The van der Waals surface area contributed by atoms with Crippen molar-refractivity contribution in [3.8, 4) is 5.88 Å². The fraction of sp³-hybridized carbons (Fsp3) is 0.353. The Morgan fingerprint density at radius 1 is 1.05 bits per heavy atom. The van der Waals surface area contributed by atoms with Gasteiger partial charge in [-0.3, -0.25) is 9.88 Å². The molecule has 7 rings (SSSR count). The van der Waals surface area contributed by atoms with E-state index in [1.807, 2.05) is 36.5 Å². The Balaban J connectivity index is 1.04. The monoisotopic (exact) mass is 577 g/mol. The predicted octanol–water partition coefficient (Wildman–Crippen LogP) is 5.99. The first-order valence-corrected chi connectivity index (χ1v) is 15.0. The first kappa shape index (κ1) is 27.5. The molecule has 5 aromatic rings. The van der Waals surface area contributed by atoms with Gasteiger partial charge in [-0.2, -0.15) is 0 Å². The van der Waals surface area contributed by atoms with Gasteiger partial charge < -0.3 is 19.1 Å². The van der Waals surface area contributed by atoms with Crippen LogP contribution in [0.3, 0.4) is 0 Å². The van der Waals surface area contributed by atoms with E-state index in [1.165, 1.54) is 0 Å². The van der Waals surface area contributed by atoms with Gasteiger partial charge in [-0.15, -0.1) is 0 Å². The molecule has 0 aliphatic carbocycles. The normalized spacial score (nSPS) is 18.5. The zero-order valence-corrected chi connectivity index (χ0v) is 24.2. The van der Waals surface area contributed by atoms with Crippen molar-refractivity contribution < 1.29 is 19.4 Å². The SMILES string of the molecule is C[C@@H](c1nc2ccc(C(=O)O)cc2n1CC1CCO1)N1CCC(c2cccc(OCc3cccc4cccnc34)n2)CC1. The number of aromatic carboxylic acids is 1. The number of para-hydroxylation sites is 1. The molecule has 2 aromatic carbocycles. The standard InChI is InChI=1S/C34H35N5O4/c1-22(33-37-29-11-10-25(34(40)41)19-30(29)39(33)20-27-14-18-42-27)38-16-12-23(13-17-38)28-8-3-9-31(36-28)43-21-26-6-2-5-24-7-4-15-35-32(24)26/h2-11,15,19,22-23,27H,12-14,16-18,20-21H2,1H3,(H,40,41)/t22-,27?/m0/s1. The highest BCUT2D eigenvalue weighted by molar-refractivity contribution is 5.92. The van der Waals surface area contributed by atoms with Crippen molar-refractivity contribution in [3.05, 3.63) is 95.6 Å². The van der Waals surface area contributed by atoms with Crippen molar-refractivity contribution in [1.29, 1.82) is 0 Å². The number of benzene rings is 2. The van der Waals surface area contributed by atoms with Gasteiger partial charge in [-0.25, -0.2) is 14.8 Å². The summed E-state index contributed by atoms with van der Waals surface area (Å²) in [6.45, 7) is 5.92. The van der Waals surface area contributed by atoms with Crippen LogP contribution in [0.4, 0.5) is 0 Å². The first-order valence-electron chi connectivity index (χ1n) is 15.0. The number of pyridine rings is 2. The Labute approximate surface area is 250 Å². The number of rotatable bonds is 9. The molecule has 3 aromatic heterocycles. The van der Waals surface area contributed by atoms with E-state index in [1.54, 1.807) is 12.1 Å². The van der Waals surface area contributed by atoms with E-state index >= 15 is 0 Å². The van der Waals surface area contributed by atoms with Crippen molar-refractivity contribution in [2.45, 2.75) is 57.4 Å². The highest BCUT2D eigenvalue weighted by Gasteiger charge is 2.30. The van der Waals surface area contributed by atoms with Crippen LogP contribution in [0.2, 0.25) is 0 Å². The molecule has 0 saturated carbocycles. The van der Waals surface area contributed by atoms with E-state index < -0.39 is 5.97 Å². The van der Waals surface area contributed by atoms with E-state index in [0.717, 1.165) is 78.0 Å². The number of carboxylic acid groups (broad SMARTS) is 1. The lowest BCUT2D eigenvalue weighted by Crippen LogP contribution is -2.37. The Morgan fingerprint density at radius 3 is 2.65 bits per heavy atom. The van der Waals surface area contributed by atoms with Crippen molar-refractivity contribution in [2.24, 2.45) is 0 Å². The lowest BCUT2D eigenvalue weighted by Gasteiger charge is -2.36. The maximum absolute atomic E-state index is 11.7. The number of nitrogens with zero attached hydrogens (tertiary/aromatic N) is 5. The minimum Gasteiger partial charge on any atom is -0.478 e. The van der Waals surface area contributed by atoms with Crippen molar-refractivity contribution >= 4 is 27.9 Å². The second-order valence-corrected chi connectivity index (χ2v) is 11.5. The van der Waals surface area contributed by atoms with E-state index in [-0.39, 0.29) is 17.7 Å². The molecule has 2 aliphatic rings. The van der Waals surface area contributed by atoms with E-state index in [2.05, 4.69) is 45.6 Å². The predicted molar refractivity (Wildman–Crippen MR) is 163 cm³/mol. The number of likely N-dealkylation sites (tertiary alicyclic amines) is 1. The van der Waals surface area contributed by atoms with Crippen molar-refractivity contribution in [2.75, 3.05) is 19.7 Å². The number of imidazole rings is 1. The van der Waals surface area contributed by atoms with Crippen molar-refractivity contribution in [3.63, 3.8) is 0 Å². The summed E-state index contributed by atoms with van der Waals surface area (Å²) in [6, 6.07) is 21.5. The average molecular weight is 578 g/mol.